The Balaban J connectivity index is 1.58. The van der Waals surface area contributed by atoms with Gasteiger partial charge in [-0.15, -0.1) is 0 Å². The van der Waals surface area contributed by atoms with E-state index in [-0.39, 0.29) is 11.9 Å². The number of hydrogen-bond acceptors (Lipinski definition) is 4. The van der Waals surface area contributed by atoms with E-state index >= 15 is 0 Å². The van der Waals surface area contributed by atoms with Crippen molar-refractivity contribution >= 4 is 17.6 Å². The Morgan fingerprint density at radius 1 is 1.15 bits per heavy atom. The summed E-state index contributed by atoms with van der Waals surface area (Å²) in [6.45, 7) is 6.28. The Kier molecular flexibility index (Phi) is 5.46. The first kappa shape index (κ1) is 17.8. The van der Waals surface area contributed by atoms with Crippen LogP contribution in [0.15, 0.2) is 41.0 Å². The molecule has 138 valence electrons. The minimum Gasteiger partial charge on any atom is -0.492 e. The highest BCUT2D eigenvalue weighted by molar-refractivity contribution is 5.93. The highest BCUT2D eigenvalue weighted by Crippen LogP contribution is 2.26. The van der Waals surface area contributed by atoms with Crippen LogP contribution in [0, 0.1) is 6.92 Å². The Hall–Kier alpha value is -2.96. The molecule has 0 saturated carbocycles. The molecule has 1 aromatic heterocycles. The largest absolute Gasteiger partial charge is 0.492 e. The van der Waals surface area contributed by atoms with E-state index in [9.17, 15) is 9.59 Å². The van der Waals surface area contributed by atoms with Crippen LogP contribution < -0.4 is 10.1 Å². The number of amides is 3. The summed E-state index contributed by atoms with van der Waals surface area (Å²) in [7, 11) is 0. The second kappa shape index (κ2) is 7.95. The van der Waals surface area contributed by atoms with Crippen LogP contribution in [-0.4, -0.2) is 54.5 Å². The van der Waals surface area contributed by atoms with Gasteiger partial charge in [0.1, 0.15) is 5.75 Å². The molecule has 26 heavy (non-hydrogen) atoms. The van der Waals surface area contributed by atoms with Crippen LogP contribution in [0.25, 0.3) is 0 Å². The van der Waals surface area contributed by atoms with Crippen LogP contribution in [-0.2, 0) is 0 Å². The van der Waals surface area contributed by atoms with E-state index in [0.29, 0.717) is 50.0 Å². The molecule has 0 unspecified atom stereocenters. The molecule has 0 atom stereocenters. The van der Waals surface area contributed by atoms with E-state index in [4.69, 9.17) is 9.15 Å². The molecule has 0 spiro atoms. The van der Waals surface area contributed by atoms with Crippen molar-refractivity contribution in [2.24, 2.45) is 0 Å². The number of urea groups is 1. The number of nitrogens with zero attached hydrogens (tertiary/aromatic N) is 2. The minimum atomic E-state index is -0.195. The number of carbonyl (C=O) groups is 2. The zero-order chi connectivity index (χ0) is 18.5. The molecule has 7 nitrogen and oxygen atoms in total. The first-order valence-electron chi connectivity index (χ1n) is 8.70. The SMILES string of the molecule is CCOc1cc(C)ccc1NC(=O)N1CCN(C(=O)c2ccco2)CC1. The number of aryl methyl sites for hydroxylation is 1. The average molecular weight is 357 g/mol. The molecule has 2 heterocycles. The molecular formula is C19H23N3O4. The third kappa shape index (κ3) is 3.99. The molecule has 1 aromatic carbocycles. The lowest BCUT2D eigenvalue weighted by Crippen LogP contribution is -2.51. The van der Waals surface area contributed by atoms with Crippen molar-refractivity contribution in [3.05, 3.63) is 47.9 Å². The van der Waals surface area contributed by atoms with E-state index in [1.165, 1.54) is 6.26 Å². The summed E-state index contributed by atoms with van der Waals surface area (Å²) in [5.74, 6) is 0.837. The lowest BCUT2D eigenvalue weighted by atomic mass is 10.2. The van der Waals surface area contributed by atoms with Gasteiger partial charge >= 0.3 is 6.03 Å². The fourth-order valence-corrected chi connectivity index (χ4v) is 2.87. The molecule has 0 aliphatic carbocycles. The maximum Gasteiger partial charge on any atom is 0.322 e. The lowest BCUT2D eigenvalue weighted by Gasteiger charge is -2.34. The molecule has 3 rings (SSSR count). The first-order valence-corrected chi connectivity index (χ1v) is 8.70. The van der Waals surface area contributed by atoms with Crippen LogP contribution in [0.1, 0.15) is 23.0 Å². The number of ether oxygens (including phenoxy) is 1. The molecule has 3 amide bonds. The Labute approximate surface area is 152 Å². The van der Waals surface area contributed by atoms with Gasteiger partial charge in [0.05, 0.1) is 18.6 Å². The Morgan fingerprint density at radius 2 is 1.88 bits per heavy atom. The summed E-state index contributed by atoms with van der Waals surface area (Å²) >= 11 is 0. The van der Waals surface area contributed by atoms with Crippen molar-refractivity contribution in [1.29, 1.82) is 0 Å². The van der Waals surface area contributed by atoms with E-state index in [1.807, 2.05) is 32.0 Å². The highest BCUT2D eigenvalue weighted by atomic mass is 16.5. The van der Waals surface area contributed by atoms with Crippen LogP contribution in [0.4, 0.5) is 10.5 Å². The second-order valence-electron chi connectivity index (χ2n) is 6.12. The average Bonchev–Trinajstić information content (AvgIpc) is 3.18. The van der Waals surface area contributed by atoms with Gasteiger partial charge in [-0.2, -0.15) is 0 Å². The predicted octanol–water partition coefficient (Wildman–Crippen LogP) is 2.98. The topological polar surface area (TPSA) is 75.0 Å². The third-order valence-electron chi connectivity index (χ3n) is 4.26. The van der Waals surface area contributed by atoms with Crippen LogP contribution in [0.2, 0.25) is 0 Å². The Bertz CT molecular complexity index is 765. The van der Waals surface area contributed by atoms with E-state index < -0.39 is 0 Å². The van der Waals surface area contributed by atoms with Gasteiger partial charge < -0.3 is 24.3 Å². The van der Waals surface area contributed by atoms with Gasteiger partial charge in [-0.1, -0.05) is 6.07 Å². The maximum absolute atomic E-state index is 12.6. The standard InChI is InChI=1S/C19H23N3O4/c1-3-25-17-13-14(2)6-7-15(17)20-19(24)22-10-8-21(9-11-22)18(23)16-5-4-12-26-16/h4-7,12-13H,3,8-11H2,1-2H3,(H,20,24). The number of nitrogens with one attached hydrogen (secondary N) is 1. The summed E-state index contributed by atoms with van der Waals surface area (Å²) in [5.41, 5.74) is 1.72. The number of carbonyl (C=O) groups excluding carboxylic acids is 2. The zero-order valence-electron chi connectivity index (χ0n) is 15.0. The summed E-state index contributed by atoms with van der Waals surface area (Å²) in [4.78, 5) is 28.2. The first-order chi connectivity index (χ1) is 12.6. The molecule has 1 aliphatic rings. The van der Waals surface area contributed by atoms with E-state index in [0.717, 1.165) is 5.56 Å². The molecule has 2 aromatic rings. The van der Waals surface area contributed by atoms with Gasteiger partial charge in [-0.05, 0) is 43.7 Å². The lowest BCUT2D eigenvalue weighted by molar-refractivity contribution is 0.0640. The van der Waals surface area contributed by atoms with Gasteiger partial charge in [-0.3, -0.25) is 4.79 Å². The smallest absolute Gasteiger partial charge is 0.322 e. The number of benzene rings is 1. The van der Waals surface area contributed by atoms with Crippen LogP contribution >= 0.6 is 0 Å². The van der Waals surface area contributed by atoms with Crippen LogP contribution in [0.5, 0.6) is 5.75 Å². The number of anilines is 1. The van der Waals surface area contributed by atoms with Crippen LogP contribution in [0.3, 0.4) is 0 Å². The minimum absolute atomic E-state index is 0.146. The monoisotopic (exact) mass is 357 g/mol. The fraction of sp³-hybridized carbons (Fsp3) is 0.368. The maximum atomic E-state index is 12.6. The van der Waals surface area contributed by atoms with Crippen molar-refractivity contribution in [2.75, 3.05) is 38.1 Å². The summed E-state index contributed by atoms with van der Waals surface area (Å²) in [6.07, 6.45) is 1.48. The number of piperazine rings is 1. The normalized spacial score (nSPS) is 14.2. The van der Waals surface area contributed by atoms with Gasteiger partial charge in [0.2, 0.25) is 0 Å². The molecule has 7 heteroatoms. The third-order valence-corrected chi connectivity index (χ3v) is 4.26. The number of furan rings is 1. The van der Waals surface area contributed by atoms with Gasteiger partial charge in [-0.25, -0.2) is 4.79 Å². The molecular weight excluding hydrogens is 334 g/mol. The molecule has 1 fully saturated rings. The summed E-state index contributed by atoms with van der Waals surface area (Å²) in [5, 5.41) is 2.90. The number of hydrogen-bond donors (Lipinski definition) is 1. The Morgan fingerprint density at radius 3 is 2.54 bits per heavy atom. The molecule has 1 saturated heterocycles. The van der Waals surface area contributed by atoms with Crippen molar-refractivity contribution in [3.8, 4) is 5.75 Å². The van der Waals surface area contributed by atoms with Gasteiger partial charge in [0.25, 0.3) is 5.91 Å². The quantitative estimate of drug-likeness (QED) is 0.913. The summed E-state index contributed by atoms with van der Waals surface area (Å²) in [6, 6.07) is 8.81. The molecule has 0 bridgehead atoms. The fourth-order valence-electron chi connectivity index (χ4n) is 2.87. The number of rotatable bonds is 4. The van der Waals surface area contributed by atoms with Gasteiger partial charge in [0, 0.05) is 26.2 Å². The van der Waals surface area contributed by atoms with Crippen molar-refractivity contribution in [1.82, 2.24) is 9.80 Å². The summed E-state index contributed by atoms with van der Waals surface area (Å²) < 4.78 is 10.7. The predicted molar refractivity (Wildman–Crippen MR) is 97.6 cm³/mol. The van der Waals surface area contributed by atoms with Gasteiger partial charge in [0.15, 0.2) is 5.76 Å². The highest BCUT2D eigenvalue weighted by Gasteiger charge is 2.26. The van der Waals surface area contributed by atoms with E-state index in [2.05, 4.69) is 5.32 Å². The zero-order valence-corrected chi connectivity index (χ0v) is 15.0. The van der Waals surface area contributed by atoms with Crippen molar-refractivity contribution < 1.29 is 18.7 Å². The van der Waals surface area contributed by atoms with E-state index in [1.54, 1.807) is 21.9 Å². The van der Waals surface area contributed by atoms with Crippen molar-refractivity contribution in [2.45, 2.75) is 13.8 Å². The second-order valence-corrected chi connectivity index (χ2v) is 6.12. The molecule has 0 radical (unpaired) electrons. The molecule has 1 aliphatic heterocycles. The van der Waals surface area contributed by atoms with Crippen molar-refractivity contribution in [3.63, 3.8) is 0 Å². The molecule has 1 N–H and O–H groups in total.